The van der Waals surface area contributed by atoms with Crippen LogP contribution in [0.4, 0.5) is 5.69 Å². The lowest BCUT2D eigenvalue weighted by Crippen LogP contribution is -2.21. The van der Waals surface area contributed by atoms with Crippen molar-refractivity contribution in [3.8, 4) is 11.5 Å². The van der Waals surface area contributed by atoms with Crippen LogP contribution in [-0.2, 0) is 10.2 Å². The number of ether oxygens (including phenoxy) is 1. The Hall–Kier alpha value is -3.08. The number of hydrogen-bond acceptors (Lipinski definition) is 5. The molecule has 4 rings (SSSR count). The van der Waals surface area contributed by atoms with Gasteiger partial charge >= 0.3 is 5.97 Å². The van der Waals surface area contributed by atoms with Gasteiger partial charge in [0.15, 0.2) is 5.58 Å². The molecule has 2 heterocycles. The van der Waals surface area contributed by atoms with Gasteiger partial charge in [-0.1, -0.05) is 20.4 Å². The summed E-state index contributed by atoms with van der Waals surface area (Å²) in [6, 6.07) is 11.3. The van der Waals surface area contributed by atoms with Crippen molar-refractivity contribution in [3.05, 3.63) is 59.8 Å². The Morgan fingerprint density at radius 2 is 2.00 bits per heavy atom. The van der Waals surface area contributed by atoms with Gasteiger partial charge in [0, 0.05) is 29.4 Å². The second-order valence-corrected chi connectivity index (χ2v) is 7.06. The van der Waals surface area contributed by atoms with E-state index < -0.39 is 5.97 Å². The molecule has 5 nitrogen and oxygen atoms in total. The monoisotopic (exact) mass is 348 g/mol. The van der Waals surface area contributed by atoms with Crippen LogP contribution in [0.25, 0.3) is 22.6 Å². The van der Waals surface area contributed by atoms with Crippen LogP contribution >= 0.6 is 0 Å². The number of rotatable bonds is 2. The summed E-state index contributed by atoms with van der Waals surface area (Å²) < 4.78 is 10.7. The fourth-order valence-electron chi connectivity index (χ4n) is 3.48. The molecule has 0 radical (unpaired) electrons. The van der Waals surface area contributed by atoms with Gasteiger partial charge in [-0.15, -0.1) is 0 Å². The van der Waals surface area contributed by atoms with Gasteiger partial charge in [-0.3, -0.25) is 0 Å². The zero-order valence-corrected chi connectivity index (χ0v) is 15.3. The number of benzene rings is 2. The molecule has 5 heteroatoms. The fourth-order valence-corrected chi connectivity index (χ4v) is 3.48. The summed E-state index contributed by atoms with van der Waals surface area (Å²) in [7, 11) is 3.39. The number of esters is 1. The summed E-state index contributed by atoms with van der Waals surface area (Å²) >= 11 is 0. The van der Waals surface area contributed by atoms with E-state index in [1.54, 1.807) is 18.2 Å². The van der Waals surface area contributed by atoms with Gasteiger partial charge in [0.1, 0.15) is 5.52 Å². The Morgan fingerprint density at radius 3 is 2.73 bits per heavy atom. The van der Waals surface area contributed by atoms with E-state index in [4.69, 9.17) is 9.15 Å². The summed E-state index contributed by atoms with van der Waals surface area (Å²) in [5.74, 6) is 0.137. The third-order valence-electron chi connectivity index (χ3n) is 5.21. The van der Waals surface area contributed by atoms with E-state index in [0.717, 1.165) is 16.9 Å². The highest BCUT2D eigenvalue weighted by Gasteiger charge is 2.37. The first-order valence-electron chi connectivity index (χ1n) is 8.40. The number of methoxy groups -OCH3 is 1. The Kier molecular flexibility index (Phi) is 3.44. The molecule has 3 aromatic rings. The summed E-state index contributed by atoms with van der Waals surface area (Å²) in [6.45, 7) is 8.54. The van der Waals surface area contributed by atoms with E-state index in [9.17, 15) is 4.79 Å². The van der Waals surface area contributed by atoms with Gasteiger partial charge in [0.25, 0.3) is 0 Å². The van der Waals surface area contributed by atoms with E-state index >= 15 is 0 Å². The van der Waals surface area contributed by atoms with Gasteiger partial charge in [0.2, 0.25) is 5.89 Å². The van der Waals surface area contributed by atoms with Crippen LogP contribution in [0.1, 0.15) is 29.8 Å². The molecule has 0 aliphatic carbocycles. The lowest BCUT2D eigenvalue weighted by molar-refractivity contribution is 0.0601. The number of oxazole rings is 1. The molecule has 0 bridgehead atoms. The molecule has 0 N–H and O–H groups in total. The normalized spacial score (nSPS) is 15.4. The molecule has 132 valence electrons. The van der Waals surface area contributed by atoms with Gasteiger partial charge in [-0.2, -0.15) is 0 Å². The molecule has 26 heavy (non-hydrogen) atoms. The minimum Gasteiger partial charge on any atom is -0.465 e. The number of fused-ring (bicyclic) bond motifs is 2. The van der Waals surface area contributed by atoms with Crippen LogP contribution in [0.15, 0.2) is 53.1 Å². The maximum Gasteiger partial charge on any atom is 0.337 e. The quantitative estimate of drug-likeness (QED) is 0.637. The molecule has 0 amide bonds. The minimum atomic E-state index is -0.391. The lowest BCUT2D eigenvalue weighted by Gasteiger charge is -2.22. The van der Waals surface area contributed by atoms with Gasteiger partial charge < -0.3 is 14.1 Å². The number of allylic oxidation sites excluding steroid dienone is 1. The molecule has 1 aliphatic heterocycles. The van der Waals surface area contributed by atoms with Gasteiger partial charge in [-0.05, 0) is 42.0 Å². The Balaban J connectivity index is 1.81. The molecule has 2 aromatic carbocycles. The summed E-state index contributed by atoms with van der Waals surface area (Å²) in [6.07, 6.45) is 0. The maximum atomic E-state index is 11.7. The van der Waals surface area contributed by atoms with Crippen molar-refractivity contribution in [1.29, 1.82) is 0 Å². The number of aromatic nitrogens is 1. The van der Waals surface area contributed by atoms with Crippen molar-refractivity contribution in [2.24, 2.45) is 0 Å². The number of carbonyl (C=O) groups excluding carboxylic acids is 1. The summed E-state index contributed by atoms with van der Waals surface area (Å²) in [4.78, 5) is 18.4. The maximum absolute atomic E-state index is 11.7. The summed E-state index contributed by atoms with van der Waals surface area (Å²) in [5.41, 5.74) is 5.86. The van der Waals surface area contributed by atoms with Crippen molar-refractivity contribution < 1.29 is 13.9 Å². The molecule has 1 aromatic heterocycles. The third-order valence-corrected chi connectivity index (χ3v) is 5.21. The molecule has 1 aliphatic rings. The fraction of sp³-hybridized carbons (Fsp3) is 0.238. The Morgan fingerprint density at radius 1 is 1.23 bits per heavy atom. The molecule has 0 saturated heterocycles. The topological polar surface area (TPSA) is 55.6 Å². The number of hydrogen-bond donors (Lipinski definition) is 0. The highest BCUT2D eigenvalue weighted by atomic mass is 16.5. The molecule has 0 atom stereocenters. The van der Waals surface area contributed by atoms with Crippen molar-refractivity contribution in [3.63, 3.8) is 0 Å². The second-order valence-electron chi connectivity index (χ2n) is 7.06. The third kappa shape index (κ3) is 2.24. The Labute approximate surface area is 151 Å². The molecular weight excluding hydrogens is 328 g/mol. The van der Waals surface area contributed by atoms with Crippen LogP contribution in [0.5, 0.6) is 0 Å². The lowest BCUT2D eigenvalue weighted by atomic mass is 9.84. The predicted octanol–water partition coefficient (Wildman–Crippen LogP) is 4.52. The van der Waals surface area contributed by atoms with E-state index in [0.29, 0.717) is 22.6 Å². The van der Waals surface area contributed by atoms with Crippen molar-refractivity contribution in [1.82, 2.24) is 4.98 Å². The zero-order chi connectivity index (χ0) is 18.6. The number of likely N-dealkylation sites (N-methyl/N-ethyl adjacent to an activating group) is 1. The first-order valence-corrected chi connectivity index (χ1v) is 8.40. The molecule has 0 fully saturated rings. The van der Waals surface area contributed by atoms with E-state index in [-0.39, 0.29) is 5.41 Å². The second kappa shape index (κ2) is 5.46. The van der Waals surface area contributed by atoms with Crippen LogP contribution in [-0.4, -0.2) is 25.1 Å². The standard InChI is InChI=1S/C21H20N2O3/c1-12-21(2,3)15-10-13(6-8-17(15)23(12)4)19-22-16-11-14(20(24)25-5)7-9-18(16)26-19/h6-11H,1H2,2-5H3. The number of carbonyl (C=O) groups is 1. The average molecular weight is 348 g/mol. The predicted molar refractivity (Wildman–Crippen MR) is 101 cm³/mol. The molecule has 0 spiro atoms. The van der Waals surface area contributed by atoms with Crippen LogP contribution < -0.4 is 4.90 Å². The average Bonchev–Trinajstić information content (AvgIpc) is 3.14. The highest BCUT2D eigenvalue weighted by Crippen LogP contribution is 2.47. The summed E-state index contributed by atoms with van der Waals surface area (Å²) in [5, 5.41) is 0. The molecule has 0 saturated carbocycles. The van der Waals surface area contributed by atoms with Crippen LogP contribution in [0.3, 0.4) is 0 Å². The first kappa shape index (κ1) is 16.4. The largest absolute Gasteiger partial charge is 0.465 e. The SMILES string of the molecule is C=C1N(C)c2ccc(-c3nc4cc(C(=O)OC)ccc4o3)cc2C1(C)C. The van der Waals surface area contributed by atoms with Gasteiger partial charge in [-0.25, -0.2) is 9.78 Å². The minimum absolute atomic E-state index is 0.149. The van der Waals surface area contributed by atoms with E-state index in [1.165, 1.54) is 12.7 Å². The van der Waals surface area contributed by atoms with Gasteiger partial charge in [0.05, 0.1) is 12.7 Å². The van der Waals surface area contributed by atoms with E-state index in [1.807, 2.05) is 13.1 Å². The van der Waals surface area contributed by atoms with Crippen molar-refractivity contribution in [2.45, 2.75) is 19.3 Å². The smallest absolute Gasteiger partial charge is 0.337 e. The number of nitrogens with zero attached hydrogens (tertiary/aromatic N) is 2. The van der Waals surface area contributed by atoms with E-state index in [2.05, 4.69) is 42.4 Å². The number of anilines is 1. The van der Waals surface area contributed by atoms with Crippen molar-refractivity contribution >= 4 is 22.8 Å². The van der Waals surface area contributed by atoms with Crippen molar-refractivity contribution in [2.75, 3.05) is 19.1 Å². The molecular formula is C21H20N2O3. The van der Waals surface area contributed by atoms with Crippen LogP contribution in [0.2, 0.25) is 0 Å². The zero-order valence-electron chi connectivity index (χ0n) is 15.3. The molecule has 0 unspecified atom stereocenters. The highest BCUT2D eigenvalue weighted by molar-refractivity contribution is 5.93. The Bertz CT molecular complexity index is 1060. The first-order chi connectivity index (χ1) is 12.3. The van der Waals surface area contributed by atoms with Crippen LogP contribution in [0, 0.1) is 0 Å².